The van der Waals surface area contributed by atoms with Gasteiger partial charge >= 0.3 is 5.97 Å². The number of ether oxygens (including phenoxy) is 3. The van der Waals surface area contributed by atoms with Crippen LogP contribution < -0.4 is 14.2 Å². The molecule has 1 aliphatic carbocycles. The summed E-state index contributed by atoms with van der Waals surface area (Å²) in [5.74, 6) is 0.890. The number of rotatable bonds is 14. The van der Waals surface area contributed by atoms with Gasteiger partial charge in [0.15, 0.2) is 11.5 Å². The van der Waals surface area contributed by atoms with E-state index in [1.54, 1.807) is 0 Å². The zero-order chi connectivity index (χ0) is 32.2. The van der Waals surface area contributed by atoms with Crippen LogP contribution in [0.4, 0.5) is 0 Å². The van der Waals surface area contributed by atoms with Gasteiger partial charge in [0, 0.05) is 29.9 Å². The van der Waals surface area contributed by atoms with Gasteiger partial charge in [-0.05, 0) is 109 Å². The first-order valence-electron chi connectivity index (χ1n) is 16.8. The van der Waals surface area contributed by atoms with E-state index in [9.17, 15) is 14.7 Å². The number of ketones is 1. The topological polar surface area (TPSA) is 85.3 Å². The van der Waals surface area contributed by atoms with Gasteiger partial charge in [0.05, 0.1) is 19.1 Å². The number of carboxylic acids is 1. The average Bonchev–Trinajstić information content (AvgIpc) is 3.82. The van der Waals surface area contributed by atoms with Crippen LogP contribution in [0.1, 0.15) is 79.3 Å². The van der Waals surface area contributed by atoms with E-state index in [0.717, 1.165) is 47.6 Å². The Morgan fingerprint density at radius 2 is 1.61 bits per heavy atom. The third-order valence-corrected chi connectivity index (χ3v) is 9.92. The highest BCUT2D eigenvalue weighted by Crippen LogP contribution is 2.47. The van der Waals surface area contributed by atoms with Gasteiger partial charge in [-0.15, -0.1) is 0 Å². The van der Waals surface area contributed by atoms with Crippen molar-refractivity contribution in [3.05, 3.63) is 87.4 Å². The lowest BCUT2D eigenvalue weighted by Gasteiger charge is -2.27. The Morgan fingerprint density at radius 3 is 2.26 bits per heavy atom. The summed E-state index contributed by atoms with van der Waals surface area (Å²) in [6.45, 7) is 6.57. The second-order valence-electron chi connectivity index (χ2n) is 12.9. The molecule has 2 heterocycles. The largest absolute Gasteiger partial charge is 0.493 e. The van der Waals surface area contributed by atoms with Crippen LogP contribution in [0.3, 0.4) is 0 Å². The Balaban J connectivity index is 1.22. The first-order chi connectivity index (χ1) is 22.3. The third-order valence-electron chi connectivity index (χ3n) is 9.71. The zero-order valence-corrected chi connectivity index (χ0v) is 27.6. The first-order valence-corrected chi connectivity index (χ1v) is 17.1. The Morgan fingerprint density at radius 1 is 0.935 bits per heavy atom. The Kier molecular flexibility index (Phi) is 10.2. The highest BCUT2D eigenvalue weighted by atomic mass is 35.5. The molecule has 244 valence electrons. The summed E-state index contributed by atoms with van der Waals surface area (Å²) in [6.07, 6.45) is 6.20. The first kappa shape index (κ1) is 32.4. The quantitative estimate of drug-likeness (QED) is 0.195. The number of benzene rings is 3. The molecule has 3 aromatic carbocycles. The summed E-state index contributed by atoms with van der Waals surface area (Å²) in [4.78, 5) is 28.7. The van der Waals surface area contributed by atoms with Crippen LogP contribution in [0.5, 0.6) is 17.2 Å². The Labute approximate surface area is 276 Å². The number of carbonyl (C=O) groups is 2. The number of nitrogens with zero attached hydrogens (tertiary/aromatic N) is 1. The molecule has 0 aromatic heterocycles. The number of aryl methyl sites for hydroxylation is 2. The smallest absolute Gasteiger partial charge is 0.309 e. The third kappa shape index (κ3) is 7.37. The maximum absolute atomic E-state index is 13.6. The second kappa shape index (κ2) is 14.5. The van der Waals surface area contributed by atoms with E-state index in [0.29, 0.717) is 50.2 Å². The predicted octanol–water partition coefficient (Wildman–Crippen LogP) is 7.46. The summed E-state index contributed by atoms with van der Waals surface area (Å²) < 4.78 is 17.5. The number of aliphatic carboxylic acids is 1. The molecule has 2 fully saturated rings. The van der Waals surface area contributed by atoms with Crippen LogP contribution in [0.25, 0.3) is 0 Å². The van der Waals surface area contributed by atoms with Gasteiger partial charge in [-0.2, -0.15) is 0 Å². The maximum Gasteiger partial charge on any atom is 0.309 e. The highest BCUT2D eigenvalue weighted by Gasteiger charge is 2.48. The molecule has 2 aliphatic heterocycles. The lowest BCUT2D eigenvalue weighted by molar-refractivity contribution is -0.143. The van der Waals surface area contributed by atoms with Crippen LogP contribution in [0.2, 0.25) is 5.02 Å². The SMILES string of the molecule is CCc1cc(Cl)cc(CC)c1CCCC(=O)CN1C[C@H](c2ccc3c(c2)OCCO3)[C@@H](C(=O)O)[C@@H]1c1ccc(OCC2CC2)cc1. The van der Waals surface area contributed by atoms with Crippen molar-refractivity contribution >= 4 is 23.4 Å². The number of likely N-dealkylation sites (tertiary alicyclic amines) is 1. The molecule has 3 aliphatic rings. The van der Waals surface area contributed by atoms with Crippen LogP contribution in [-0.2, 0) is 28.9 Å². The monoisotopic (exact) mass is 645 g/mol. The summed E-state index contributed by atoms with van der Waals surface area (Å²) in [6, 6.07) is 17.1. The zero-order valence-electron chi connectivity index (χ0n) is 26.8. The molecule has 1 N–H and O–H groups in total. The molecule has 7 nitrogen and oxygen atoms in total. The van der Waals surface area contributed by atoms with E-state index in [4.69, 9.17) is 25.8 Å². The molecule has 0 unspecified atom stereocenters. The molecule has 3 atom stereocenters. The number of carbonyl (C=O) groups excluding carboxylic acids is 1. The summed E-state index contributed by atoms with van der Waals surface area (Å²) >= 11 is 6.37. The van der Waals surface area contributed by atoms with E-state index < -0.39 is 17.9 Å². The molecule has 0 amide bonds. The van der Waals surface area contributed by atoms with Crippen molar-refractivity contribution in [2.75, 3.05) is 32.9 Å². The van der Waals surface area contributed by atoms with Crippen molar-refractivity contribution in [3.8, 4) is 17.2 Å². The van der Waals surface area contributed by atoms with Crippen LogP contribution >= 0.6 is 11.6 Å². The van der Waals surface area contributed by atoms with Gasteiger partial charge in [-0.3, -0.25) is 14.5 Å². The van der Waals surface area contributed by atoms with Crippen molar-refractivity contribution in [3.63, 3.8) is 0 Å². The number of carboxylic acid groups (broad SMARTS) is 1. The fraction of sp³-hybridized carbons (Fsp3) is 0.474. The molecule has 0 spiro atoms. The molecular weight excluding hydrogens is 602 g/mol. The maximum atomic E-state index is 13.6. The number of fused-ring (bicyclic) bond motifs is 1. The van der Waals surface area contributed by atoms with Crippen molar-refractivity contribution in [1.82, 2.24) is 4.90 Å². The van der Waals surface area contributed by atoms with Gasteiger partial charge in [-0.1, -0.05) is 43.6 Å². The lowest BCUT2D eigenvalue weighted by atomic mass is 9.82. The van der Waals surface area contributed by atoms with Gasteiger partial charge in [0.2, 0.25) is 0 Å². The molecule has 8 heteroatoms. The standard InChI is InChI=1S/C38H44ClNO6/c1-3-25-18-29(39)19-26(4-2)32(25)7-5-6-30(41)21-40-22-33(28-12-15-34-35(20-28)45-17-16-44-34)36(38(42)43)37(40)27-10-13-31(14-11-27)46-23-24-8-9-24/h10-15,18-20,24,33,36-37H,3-9,16-17,21-23H2,1-2H3,(H,42,43)/t33-,36-,37+/m1/s1. The molecule has 6 rings (SSSR count). The van der Waals surface area contributed by atoms with Gasteiger partial charge in [0.25, 0.3) is 0 Å². The Hall–Kier alpha value is -3.55. The molecule has 1 saturated heterocycles. The predicted molar refractivity (Wildman–Crippen MR) is 178 cm³/mol. The number of halogens is 1. The van der Waals surface area contributed by atoms with Crippen molar-refractivity contribution in [2.24, 2.45) is 11.8 Å². The molecule has 3 aromatic rings. The molecule has 1 saturated carbocycles. The van der Waals surface area contributed by atoms with Gasteiger partial charge in [-0.25, -0.2) is 0 Å². The van der Waals surface area contributed by atoms with E-state index in [2.05, 4.69) is 18.7 Å². The number of hydrogen-bond donors (Lipinski definition) is 1. The van der Waals surface area contributed by atoms with E-state index in [1.807, 2.05) is 54.6 Å². The minimum atomic E-state index is -0.879. The lowest BCUT2D eigenvalue weighted by Crippen LogP contribution is -2.32. The number of Topliss-reactive ketones (excluding diaryl/α,β-unsaturated/α-hetero) is 1. The average molecular weight is 646 g/mol. The summed E-state index contributed by atoms with van der Waals surface area (Å²) in [7, 11) is 0. The molecule has 0 bridgehead atoms. The minimum Gasteiger partial charge on any atom is -0.493 e. The molecule has 46 heavy (non-hydrogen) atoms. The van der Waals surface area contributed by atoms with Crippen LogP contribution in [0.15, 0.2) is 54.6 Å². The fourth-order valence-corrected chi connectivity index (χ4v) is 7.42. The fourth-order valence-electron chi connectivity index (χ4n) is 7.15. The minimum absolute atomic E-state index is 0.117. The van der Waals surface area contributed by atoms with Crippen LogP contribution in [-0.4, -0.2) is 54.7 Å². The van der Waals surface area contributed by atoms with E-state index in [-0.39, 0.29) is 18.2 Å². The Bertz CT molecular complexity index is 1530. The van der Waals surface area contributed by atoms with Gasteiger partial charge < -0.3 is 19.3 Å². The van der Waals surface area contributed by atoms with Crippen LogP contribution in [0, 0.1) is 11.8 Å². The van der Waals surface area contributed by atoms with Crippen molar-refractivity contribution in [2.45, 2.75) is 70.8 Å². The van der Waals surface area contributed by atoms with E-state index >= 15 is 0 Å². The number of hydrogen-bond acceptors (Lipinski definition) is 6. The van der Waals surface area contributed by atoms with Gasteiger partial charge in [0.1, 0.15) is 24.7 Å². The normalized spacial score (nSPS) is 20.9. The molecular formula is C38H44ClNO6. The van der Waals surface area contributed by atoms with Crippen molar-refractivity contribution < 1.29 is 28.9 Å². The summed E-state index contributed by atoms with van der Waals surface area (Å²) in [5, 5.41) is 11.4. The summed E-state index contributed by atoms with van der Waals surface area (Å²) in [5.41, 5.74) is 5.54. The van der Waals surface area contributed by atoms with E-state index in [1.165, 1.54) is 29.5 Å². The van der Waals surface area contributed by atoms with Crippen molar-refractivity contribution in [1.29, 1.82) is 0 Å². The molecule has 0 radical (unpaired) electrons. The second-order valence-corrected chi connectivity index (χ2v) is 13.3. The highest BCUT2D eigenvalue weighted by molar-refractivity contribution is 6.30.